The van der Waals surface area contributed by atoms with Gasteiger partial charge in [-0.05, 0) is 44.4 Å². The molecule has 1 N–H and O–H groups in total. The number of amides is 1. The Labute approximate surface area is 167 Å². The molecule has 4 aromatic rings. The van der Waals surface area contributed by atoms with E-state index in [1.54, 1.807) is 28.4 Å². The molecular weight excluding hydrogens is 372 g/mol. The van der Waals surface area contributed by atoms with Crippen LogP contribution in [0, 0.1) is 6.92 Å². The number of nitrogens with one attached hydrogen (secondary N) is 1. The Morgan fingerprint density at radius 1 is 1.25 bits per heavy atom. The van der Waals surface area contributed by atoms with Gasteiger partial charge in [0.2, 0.25) is 5.91 Å². The summed E-state index contributed by atoms with van der Waals surface area (Å²) >= 11 is 1.68. The molecule has 1 atom stereocenters. The van der Waals surface area contributed by atoms with Crippen molar-refractivity contribution < 1.29 is 4.79 Å². The lowest BCUT2D eigenvalue weighted by atomic mass is 10.1. The van der Waals surface area contributed by atoms with Crippen LogP contribution in [0.1, 0.15) is 31.3 Å². The second-order valence-electron chi connectivity index (χ2n) is 6.64. The molecule has 0 aromatic carbocycles. The van der Waals surface area contributed by atoms with Crippen LogP contribution in [0.3, 0.4) is 0 Å². The zero-order chi connectivity index (χ0) is 19.7. The summed E-state index contributed by atoms with van der Waals surface area (Å²) in [4.78, 5) is 18.3. The van der Waals surface area contributed by atoms with Crippen molar-refractivity contribution in [2.45, 2.75) is 39.9 Å². The van der Waals surface area contributed by atoms with E-state index in [0.29, 0.717) is 0 Å². The minimum Gasteiger partial charge on any atom is -0.346 e. The number of hydrogen-bond donors (Lipinski definition) is 1. The molecule has 0 saturated carbocycles. The van der Waals surface area contributed by atoms with E-state index in [1.807, 2.05) is 43.7 Å². The second-order valence-corrected chi connectivity index (χ2v) is 7.59. The summed E-state index contributed by atoms with van der Waals surface area (Å²) in [5.41, 5.74) is 3.68. The molecule has 1 amide bonds. The van der Waals surface area contributed by atoms with Gasteiger partial charge >= 0.3 is 0 Å². The molecule has 7 nitrogen and oxygen atoms in total. The average molecular weight is 395 g/mol. The van der Waals surface area contributed by atoms with Crippen LogP contribution in [-0.2, 0) is 17.9 Å². The molecule has 0 aliphatic heterocycles. The number of aromatic nitrogens is 5. The quantitative estimate of drug-likeness (QED) is 0.542. The lowest BCUT2D eigenvalue weighted by Gasteiger charge is -2.15. The highest BCUT2D eigenvalue weighted by Gasteiger charge is 2.18. The van der Waals surface area contributed by atoms with E-state index in [4.69, 9.17) is 0 Å². The van der Waals surface area contributed by atoms with Crippen LogP contribution >= 0.6 is 11.3 Å². The topological polar surface area (TPSA) is 77.6 Å². The smallest absolute Gasteiger partial charge is 0.242 e. The maximum absolute atomic E-state index is 12.7. The first kappa shape index (κ1) is 18.4. The summed E-state index contributed by atoms with van der Waals surface area (Å²) in [5, 5.41) is 14.9. The lowest BCUT2D eigenvalue weighted by molar-refractivity contribution is -0.122. The van der Waals surface area contributed by atoms with Crippen LogP contribution in [-0.4, -0.2) is 30.5 Å². The molecule has 28 heavy (non-hydrogen) atoms. The molecule has 0 radical (unpaired) electrons. The number of carbonyl (C=O) groups is 1. The van der Waals surface area contributed by atoms with E-state index in [-0.39, 0.29) is 18.5 Å². The van der Waals surface area contributed by atoms with Gasteiger partial charge in [-0.15, -0.1) is 11.3 Å². The number of pyridine rings is 1. The fourth-order valence-corrected chi connectivity index (χ4v) is 4.26. The zero-order valence-corrected chi connectivity index (χ0v) is 16.9. The summed E-state index contributed by atoms with van der Waals surface area (Å²) < 4.78 is 3.56. The fourth-order valence-electron chi connectivity index (χ4n) is 3.50. The molecule has 0 bridgehead atoms. The Kier molecular flexibility index (Phi) is 4.95. The Balaban J connectivity index is 1.58. The Bertz CT molecular complexity index is 1110. The van der Waals surface area contributed by atoms with Gasteiger partial charge < -0.3 is 5.32 Å². The van der Waals surface area contributed by atoms with Crippen LogP contribution < -0.4 is 5.32 Å². The van der Waals surface area contributed by atoms with Crippen molar-refractivity contribution in [1.82, 2.24) is 29.9 Å². The average Bonchev–Trinajstić information content (AvgIpc) is 3.42. The van der Waals surface area contributed by atoms with E-state index in [9.17, 15) is 4.79 Å². The first-order chi connectivity index (χ1) is 13.6. The van der Waals surface area contributed by atoms with Crippen LogP contribution in [0.2, 0.25) is 0 Å². The van der Waals surface area contributed by atoms with Crippen molar-refractivity contribution in [1.29, 1.82) is 0 Å². The van der Waals surface area contributed by atoms with Crippen molar-refractivity contribution in [3.8, 4) is 10.4 Å². The molecule has 144 valence electrons. The monoisotopic (exact) mass is 394 g/mol. The highest BCUT2D eigenvalue weighted by molar-refractivity contribution is 7.13. The Hall–Kier alpha value is -3.00. The predicted octanol–water partition coefficient (Wildman–Crippen LogP) is 3.56. The molecule has 0 saturated heterocycles. The number of aryl methyl sites for hydroxylation is 2. The number of hydrogen-bond acceptors (Lipinski definition) is 5. The van der Waals surface area contributed by atoms with Gasteiger partial charge in [-0.1, -0.05) is 6.07 Å². The van der Waals surface area contributed by atoms with Crippen LogP contribution in [0.4, 0.5) is 0 Å². The molecule has 8 heteroatoms. The van der Waals surface area contributed by atoms with Gasteiger partial charge in [-0.3, -0.25) is 9.48 Å². The van der Waals surface area contributed by atoms with Gasteiger partial charge in [0.15, 0.2) is 5.65 Å². The highest BCUT2D eigenvalue weighted by Crippen LogP contribution is 2.32. The number of fused-ring (bicyclic) bond motifs is 1. The van der Waals surface area contributed by atoms with Gasteiger partial charge in [0.05, 0.1) is 22.8 Å². The normalized spacial score (nSPS) is 12.4. The third-order valence-electron chi connectivity index (χ3n) is 4.76. The molecular formula is C20H22N6OS. The van der Waals surface area contributed by atoms with Crippen molar-refractivity contribution in [2.75, 3.05) is 0 Å². The summed E-state index contributed by atoms with van der Waals surface area (Å²) in [6, 6.07) is 7.91. The molecule has 1 unspecified atom stereocenters. The third kappa shape index (κ3) is 3.31. The number of carbonyl (C=O) groups excluding carboxylic acids is 1. The summed E-state index contributed by atoms with van der Waals surface area (Å²) in [7, 11) is 0. The van der Waals surface area contributed by atoms with Gasteiger partial charge in [-0.2, -0.15) is 10.2 Å². The summed E-state index contributed by atoms with van der Waals surface area (Å²) in [6.07, 6.45) is 3.53. The van der Waals surface area contributed by atoms with Crippen molar-refractivity contribution in [3.05, 3.63) is 53.4 Å². The minimum absolute atomic E-state index is 0.107. The van der Waals surface area contributed by atoms with E-state index in [1.165, 1.54) is 4.88 Å². The van der Waals surface area contributed by atoms with Gasteiger partial charge in [0, 0.05) is 29.4 Å². The molecule has 4 aromatic heterocycles. The SMILES string of the molecule is CCn1nccc1C(C)NC(=O)Cn1nc(C)c2c(-c3cccs3)ccnc21. The molecule has 0 spiro atoms. The van der Waals surface area contributed by atoms with Crippen LogP contribution in [0.5, 0.6) is 0 Å². The Morgan fingerprint density at radius 3 is 2.86 bits per heavy atom. The molecule has 0 aliphatic rings. The second kappa shape index (κ2) is 7.55. The number of thiophene rings is 1. The van der Waals surface area contributed by atoms with Crippen molar-refractivity contribution in [3.63, 3.8) is 0 Å². The Morgan fingerprint density at radius 2 is 2.11 bits per heavy atom. The first-order valence-corrected chi connectivity index (χ1v) is 10.1. The molecule has 0 fully saturated rings. The number of nitrogens with zero attached hydrogens (tertiary/aromatic N) is 5. The van der Waals surface area contributed by atoms with Crippen LogP contribution in [0.15, 0.2) is 42.0 Å². The van der Waals surface area contributed by atoms with Gasteiger partial charge in [-0.25, -0.2) is 9.67 Å². The van der Waals surface area contributed by atoms with E-state index >= 15 is 0 Å². The standard InChI is InChI=1S/C20H22N6OS/c1-4-25-16(8-10-22-25)13(2)23-18(27)12-26-20-19(14(3)24-26)15(7-9-21-20)17-6-5-11-28-17/h5-11,13H,4,12H2,1-3H3,(H,23,27). The summed E-state index contributed by atoms with van der Waals surface area (Å²) in [5.74, 6) is -0.107. The van der Waals surface area contributed by atoms with Crippen molar-refractivity contribution in [2.24, 2.45) is 0 Å². The fraction of sp³-hybridized carbons (Fsp3) is 0.300. The summed E-state index contributed by atoms with van der Waals surface area (Å²) in [6.45, 7) is 6.83. The maximum atomic E-state index is 12.7. The van der Waals surface area contributed by atoms with Gasteiger partial charge in [0.25, 0.3) is 0 Å². The zero-order valence-electron chi connectivity index (χ0n) is 16.1. The van der Waals surface area contributed by atoms with E-state index < -0.39 is 0 Å². The molecule has 4 heterocycles. The van der Waals surface area contributed by atoms with Crippen molar-refractivity contribution >= 4 is 28.3 Å². The molecule has 0 aliphatic carbocycles. The first-order valence-electron chi connectivity index (χ1n) is 9.25. The van der Waals surface area contributed by atoms with E-state index in [0.717, 1.165) is 34.5 Å². The third-order valence-corrected chi connectivity index (χ3v) is 5.66. The minimum atomic E-state index is -0.132. The van der Waals surface area contributed by atoms with Gasteiger partial charge in [0.1, 0.15) is 6.54 Å². The predicted molar refractivity (Wildman–Crippen MR) is 110 cm³/mol. The van der Waals surface area contributed by atoms with Crippen LogP contribution in [0.25, 0.3) is 21.5 Å². The number of rotatable bonds is 6. The highest BCUT2D eigenvalue weighted by atomic mass is 32.1. The lowest BCUT2D eigenvalue weighted by Crippen LogP contribution is -2.31. The molecule has 4 rings (SSSR count). The van der Waals surface area contributed by atoms with E-state index in [2.05, 4.69) is 31.9 Å². The largest absolute Gasteiger partial charge is 0.346 e. The maximum Gasteiger partial charge on any atom is 0.242 e.